The van der Waals surface area contributed by atoms with Crippen molar-refractivity contribution < 1.29 is 0 Å². The summed E-state index contributed by atoms with van der Waals surface area (Å²) in [5, 5.41) is 3.56. The van der Waals surface area contributed by atoms with Gasteiger partial charge in [0.15, 0.2) is 0 Å². The van der Waals surface area contributed by atoms with Crippen molar-refractivity contribution in [2.24, 2.45) is 0 Å². The molecule has 0 aliphatic carbocycles. The molecular weight excluding hydrogens is 234 g/mol. The zero-order valence-electron chi connectivity index (χ0n) is 11.8. The lowest BCUT2D eigenvalue weighted by molar-refractivity contribution is 0.490. The van der Waals surface area contributed by atoms with Crippen LogP contribution in [0.5, 0.6) is 0 Å². The minimum Gasteiger partial charge on any atom is -0.336 e. The van der Waals surface area contributed by atoms with E-state index in [-0.39, 0.29) is 0 Å². The van der Waals surface area contributed by atoms with E-state index in [0.717, 1.165) is 19.5 Å². The van der Waals surface area contributed by atoms with Crippen molar-refractivity contribution in [1.29, 1.82) is 0 Å². The topological polar surface area (TPSA) is 29.9 Å². The number of rotatable bonds is 7. The van der Waals surface area contributed by atoms with Crippen LogP contribution in [0.25, 0.3) is 0 Å². The Morgan fingerprint density at radius 2 is 2.26 bits per heavy atom. The van der Waals surface area contributed by atoms with E-state index in [9.17, 15) is 0 Å². The lowest BCUT2D eigenvalue weighted by Gasteiger charge is -2.14. The van der Waals surface area contributed by atoms with Crippen molar-refractivity contribution in [3.63, 3.8) is 0 Å². The first-order valence-electron chi connectivity index (χ1n) is 6.99. The van der Waals surface area contributed by atoms with Gasteiger partial charge in [0.25, 0.3) is 0 Å². The fourth-order valence-corrected chi connectivity index (χ4v) is 2.21. The van der Waals surface area contributed by atoms with Crippen molar-refractivity contribution >= 4 is 0 Å². The van der Waals surface area contributed by atoms with Gasteiger partial charge in [0.05, 0.1) is 6.33 Å². The van der Waals surface area contributed by atoms with Crippen molar-refractivity contribution in [3.05, 3.63) is 54.1 Å². The number of nitrogens with one attached hydrogen (secondary N) is 1. The van der Waals surface area contributed by atoms with E-state index in [1.165, 1.54) is 17.5 Å². The maximum absolute atomic E-state index is 4.04. The number of benzene rings is 1. The second-order valence-electron chi connectivity index (χ2n) is 5.18. The fraction of sp³-hybridized carbons (Fsp3) is 0.438. The molecule has 1 N–H and O–H groups in total. The first-order chi connectivity index (χ1) is 9.24. The van der Waals surface area contributed by atoms with Crippen molar-refractivity contribution in [2.45, 2.75) is 39.3 Å². The highest BCUT2D eigenvalue weighted by molar-refractivity contribution is 5.22. The smallest absolute Gasteiger partial charge is 0.0946 e. The van der Waals surface area contributed by atoms with E-state index in [2.05, 4.69) is 53.0 Å². The summed E-state index contributed by atoms with van der Waals surface area (Å²) in [6.45, 7) is 6.38. The van der Waals surface area contributed by atoms with E-state index >= 15 is 0 Å². The molecule has 0 saturated carbocycles. The zero-order chi connectivity index (χ0) is 13.5. The SMILES string of the molecule is Cc1cccc(CCC(C)NCCn2ccnc2)c1. The summed E-state index contributed by atoms with van der Waals surface area (Å²) in [7, 11) is 0. The Bertz CT molecular complexity index is 476. The molecule has 1 atom stereocenters. The van der Waals surface area contributed by atoms with E-state index in [1.54, 1.807) is 0 Å². The molecule has 0 saturated heterocycles. The number of hydrogen-bond acceptors (Lipinski definition) is 2. The van der Waals surface area contributed by atoms with Gasteiger partial charge in [-0.25, -0.2) is 4.98 Å². The van der Waals surface area contributed by atoms with Crippen molar-refractivity contribution in [3.8, 4) is 0 Å². The maximum atomic E-state index is 4.04. The molecule has 19 heavy (non-hydrogen) atoms. The average Bonchev–Trinajstić information content (AvgIpc) is 2.90. The second-order valence-corrected chi connectivity index (χ2v) is 5.18. The van der Waals surface area contributed by atoms with Gasteiger partial charge in [-0.1, -0.05) is 29.8 Å². The number of nitrogens with zero attached hydrogens (tertiary/aromatic N) is 2. The third kappa shape index (κ3) is 4.87. The van der Waals surface area contributed by atoms with Crippen LogP contribution in [0.15, 0.2) is 43.0 Å². The van der Waals surface area contributed by atoms with Crippen molar-refractivity contribution in [2.75, 3.05) is 6.54 Å². The van der Waals surface area contributed by atoms with Crippen LogP contribution in [0.1, 0.15) is 24.5 Å². The Labute approximate surface area is 115 Å². The molecule has 0 aliphatic heterocycles. The molecule has 3 heteroatoms. The minimum atomic E-state index is 0.545. The first-order valence-corrected chi connectivity index (χ1v) is 6.99. The van der Waals surface area contributed by atoms with Gasteiger partial charge >= 0.3 is 0 Å². The monoisotopic (exact) mass is 257 g/mol. The summed E-state index contributed by atoms with van der Waals surface area (Å²) in [5.41, 5.74) is 2.78. The third-order valence-electron chi connectivity index (χ3n) is 3.37. The summed E-state index contributed by atoms with van der Waals surface area (Å²) in [6, 6.07) is 9.32. The zero-order valence-corrected chi connectivity index (χ0v) is 11.8. The largest absolute Gasteiger partial charge is 0.336 e. The molecule has 102 valence electrons. The molecule has 0 amide bonds. The summed E-state index contributed by atoms with van der Waals surface area (Å²) in [5.74, 6) is 0. The lowest BCUT2D eigenvalue weighted by atomic mass is 10.0. The van der Waals surface area contributed by atoms with Gasteiger partial charge in [0, 0.05) is 31.5 Å². The van der Waals surface area contributed by atoms with Gasteiger partial charge in [-0.2, -0.15) is 0 Å². The lowest BCUT2D eigenvalue weighted by Crippen LogP contribution is -2.29. The number of imidazole rings is 1. The van der Waals surface area contributed by atoms with E-state index in [1.807, 2.05) is 18.7 Å². The molecule has 2 aromatic rings. The highest BCUT2D eigenvalue weighted by Crippen LogP contribution is 2.07. The Balaban J connectivity index is 1.65. The summed E-state index contributed by atoms with van der Waals surface area (Å²) >= 11 is 0. The molecule has 1 heterocycles. The molecule has 2 rings (SSSR count). The molecule has 3 nitrogen and oxygen atoms in total. The Kier molecular flexibility index (Phi) is 5.16. The van der Waals surface area contributed by atoms with Crippen LogP contribution >= 0.6 is 0 Å². The van der Waals surface area contributed by atoms with Gasteiger partial charge < -0.3 is 9.88 Å². The van der Waals surface area contributed by atoms with Gasteiger partial charge in [-0.15, -0.1) is 0 Å². The summed E-state index contributed by atoms with van der Waals surface area (Å²) in [4.78, 5) is 4.04. The Morgan fingerprint density at radius 1 is 1.37 bits per heavy atom. The van der Waals surface area contributed by atoms with Crippen LogP contribution in [-0.4, -0.2) is 22.1 Å². The number of aromatic nitrogens is 2. The molecule has 0 aliphatic rings. The van der Waals surface area contributed by atoms with Crippen LogP contribution in [-0.2, 0) is 13.0 Å². The summed E-state index contributed by atoms with van der Waals surface area (Å²) < 4.78 is 2.10. The van der Waals surface area contributed by atoms with Crippen LogP contribution in [0.2, 0.25) is 0 Å². The fourth-order valence-electron chi connectivity index (χ4n) is 2.21. The molecule has 0 fully saturated rings. The predicted molar refractivity (Wildman–Crippen MR) is 79.2 cm³/mol. The number of hydrogen-bond donors (Lipinski definition) is 1. The molecule has 0 radical (unpaired) electrons. The van der Waals surface area contributed by atoms with Crippen LogP contribution in [0.4, 0.5) is 0 Å². The molecule has 1 aromatic heterocycles. The Hall–Kier alpha value is -1.61. The highest BCUT2D eigenvalue weighted by atomic mass is 15.0. The number of aryl methyl sites for hydroxylation is 2. The first kappa shape index (κ1) is 13.8. The molecule has 0 bridgehead atoms. The highest BCUT2D eigenvalue weighted by Gasteiger charge is 2.02. The van der Waals surface area contributed by atoms with Gasteiger partial charge in [0.2, 0.25) is 0 Å². The van der Waals surface area contributed by atoms with Crippen LogP contribution in [0, 0.1) is 6.92 Å². The summed E-state index contributed by atoms with van der Waals surface area (Å²) in [6.07, 6.45) is 7.99. The average molecular weight is 257 g/mol. The van der Waals surface area contributed by atoms with Gasteiger partial charge in [-0.05, 0) is 32.3 Å². The predicted octanol–water partition coefficient (Wildman–Crippen LogP) is 2.80. The molecular formula is C16H23N3. The van der Waals surface area contributed by atoms with Crippen molar-refractivity contribution in [1.82, 2.24) is 14.9 Å². The van der Waals surface area contributed by atoms with E-state index < -0.39 is 0 Å². The van der Waals surface area contributed by atoms with Gasteiger partial charge in [-0.3, -0.25) is 0 Å². The standard InChI is InChI=1S/C16H23N3/c1-14-4-3-5-16(12-14)7-6-15(2)18-9-11-19-10-8-17-13-19/h3-5,8,10,12-13,15,18H,6-7,9,11H2,1-2H3. The van der Waals surface area contributed by atoms with Crippen LogP contribution < -0.4 is 5.32 Å². The Morgan fingerprint density at radius 3 is 3.00 bits per heavy atom. The quantitative estimate of drug-likeness (QED) is 0.826. The normalized spacial score (nSPS) is 12.5. The van der Waals surface area contributed by atoms with E-state index in [0.29, 0.717) is 6.04 Å². The molecule has 1 unspecified atom stereocenters. The van der Waals surface area contributed by atoms with E-state index in [4.69, 9.17) is 0 Å². The minimum absolute atomic E-state index is 0.545. The second kappa shape index (κ2) is 7.10. The maximum Gasteiger partial charge on any atom is 0.0946 e. The molecule has 1 aromatic carbocycles. The third-order valence-corrected chi connectivity index (χ3v) is 3.37. The van der Waals surface area contributed by atoms with Crippen LogP contribution in [0.3, 0.4) is 0 Å². The molecule has 0 spiro atoms. The van der Waals surface area contributed by atoms with Gasteiger partial charge in [0.1, 0.15) is 0 Å².